The number of carbonyl (C=O) groups excluding carboxylic acids is 3. The first-order chi connectivity index (χ1) is 10.5. The van der Waals surface area contributed by atoms with Gasteiger partial charge in [0.25, 0.3) is 5.91 Å². The summed E-state index contributed by atoms with van der Waals surface area (Å²) in [5.41, 5.74) is 1.12. The normalized spacial score (nSPS) is 15.3. The summed E-state index contributed by atoms with van der Waals surface area (Å²) in [6, 6.07) is 6.92. The number of amides is 3. The van der Waals surface area contributed by atoms with Crippen LogP contribution in [-0.2, 0) is 9.59 Å². The zero-order chi connectivity index (χ0) is 16.1. The summed E-state index contributed by atoms with van der Waals surface area (Å²) >= 11 is 0. The van der Waals surface area contributed by atoms with Crippen molar-refractivity contribution in [3.8, 4) is 0 Å². The fourth-order valence-electron chi connectivity index (χ4n) is 2.55. The van der Waals surface area contributed by atoms with Crippen LogP contribution in [0.2, 0.25) is 0 Å². The van der Waals surface area contributed by atoms with E-state index in [0.29, 0.717) is 24.3 Å². The highest BCUT2D eigenvalue weighted by Gasteiger charge is 2.22. The minimum atomic E-state index is -0.172. The maximum atomic E-state index is 12.3. The Labute approximate surface area is 129 Å². The number of anilines is 1. The van der Waals surface area contributed by atoms with Gasteiger partial charge in [-0.25, -0.2) is 0 Å². The van der Waals surface area contributed by atoms with Gasteiger partial charge in [0.05, 0.1) is 0 Å². The molecule has 118 valence electrons. The second-order valence-electron chi connectivity index (χ2n) is 5.52. The Bertz CT molecular complexity index is 578. The molecule has 22 heavy (non-hydrogen) atoms. The molecule has 0 aliphatic carbocycles. The number of carbonyl (C=O) groups is 3. The van der Waals surface area contributed by atoms with E-state index >= 15 is 0 Å². The summed E-state index contributed by atoms with van der Waals surface area (Å²) in [5, 5.41) is 5.64. The number of rotatable bonds is 3. The van der Waals surface area contributed by atoms with Crippen molar-refractivity contribution >= 4 is 23.4 Å². The Balaban J connectivity index is 1.92. The lowest BCUT2D eigenvalue weighted by Gasteiger charge is -2.31. The molecule has 0 atom stereocenters. The molecule has 0 radical (unpaired) electrons. The van der Waals surface area contributed by atoms with E-state index in [0.717, 1.165) is 12.8 Å². The number of likely N-dealkylation sites (tertiary alicyclic amines) is 1. The highest BCUT2D eigenvalue weighted by Crippen LogP contribution is 2.14. The lowest BCUT2D eigenvalue weighted by molar-refractivity contribution is -0.129. The van der Waals surface area contributed by atoms with Crippen LogP contribution in [0.4, 0.5) is 5.69 Å². The van der Waals surface area contributed by atoms with Gasteiger partial charge in [-0.1, -0.05) is 6.07 Å². The number of hydrogen-bond donors (Lipinski definition) is 2. The molecular weight excluding hydrogens is 282 g/mol. The van der Waals surface area contributed by atoms with Crippen LogP contribution in [0.15, 0.2) is 24.3 Å². The standard InChI is InChI=1S/C16H21N3O3/c1-11(20)17-15-5-3-4-13(10-15)16(22)18-14-6-8-19(9-7-14)12(2)21/h3-5,10,14H,6-9H2,1-2H3,(H,17,20)(H,18,22). The van der Waals surface area contributed by atoms with Gasteiger partial charge in [-0.15, -0.1) is 0 Å². The maximum absolute atomic E-state index is 12.3. The van der Waals surface area contributed by atoms with Crippen molar-refractivity contribution in [1.82, 2.24) is 10.2 Å². The number of nitrogens with one attached hydrogen (secondary N) is 2. The quantitative estimate of drug-likeness (QED) is 0.885. The van der Waals surface area contributed by atoms with Crippen molar-refractivity contribution in [3.05, 3.63) is 29.8 Å². The number of benzene rings is 1. The molecule has 3 amide bonds. The monoisotopic (exact) mass is 303 g/mol. The molecule has 1 heterocycles. The van der Waals surface area contributed by atoms with Crippen LogP contribution in [0.25, 0.3) is 0 Å². The zero-order valence-corrected chi connectivity index (χ0v) is 12.9. The van der Waals surface area contributed by atoms with Crippen molar-refractivity contribution in [3.63, 3.8) is 0 Å². The largest absolute Gasteiger partial charge is 0.349 e. The van der Waals surface area contributed by atoms with Crippen molar-refractivity contribution in [2.75, 3.05) is 18.4 Å². The summed E-state index contributed by atoms with van der Waals surface area (Å²) in [6.07, 6.45) is 1.52. The molecule has 0 aromatic heterocycles. The molecule has 0 unspecified atom stereocenters. The first-order valence-corrected chi connectivity index (χ1v) is 7.39. The van der Waals surface area contributed by atoms with Crippen LogP contribution in [0.1, 0.15) is 37.0 Å². The van der Waals surface area contributed by atoms with Gasteiger partial charge in [-0.2, -0.15) is 0 Å². The van der Waals surface area contributed by atoms with Crippen LogP contribution in [-0.4, -0.2) is 41.8 Å². The van der Waals surface area contributed by atoms with E-state index in [1.807, 2.05) is 0 Å². The second kappa shape index (κ2) is 7.06. The van der Waals surface area contributed by atoms with E-state index < -0.39 is 0 Å². The number of piperidine rings is 1. The van der Waals surface area contributed by atoms with Crippen LogP contribution < -0.4 is 10.6 Å². The maximum Gasteiger partial charge on any atom is 0.251 e. The molecule has 6 heteroatoms. The van der Waals surface area contributed by atoms with Crippen molar-refractivity contribution < 1.29 is 14.4 Å². The Morgan fingerprint density at radius 1 is 1.14 bits per heavy atom. The summed E-state index contributed by atoms with van der Waals surface area (Å²) in [4.78, 5) is 36.4. The third-order valence-corrected chi connectivity index (χ3v) is 3.72. The Morgan fingerprint density at radius 3 is 2.41 bits per heavy atom. The molecule has 1 saturated heterocycles. The van der Waals surface area contributed by atoms with Crippen molar-refractivity contribution in [2.24, 2.45) is 0 Å². The van der Waals surface area contributed by atoms with E-state index in [1.54, 1.807) is 36.1 Å². The zero-order valence-electron chi connectivity index (χ0n) is 12.9. The average Bonchev–Trinajstić information content (AvgIpc) is 2.47. The van der Waals surface area contributed by atoms with Gasteiger partial charge < -0.3 is 15.5 Å². The van der Waals surface area contributed by atoms with Gasteiger partial charge in [0.15, 0.2) is 0 Å². The summed E-state index contributed by atoms with van der Waals surface area (Å²) in [7, 11) is 0. The van der Waals surface area contributed by atoms with Crippen LogP contribution >= 0.6 is 0 Å². The van der Waals surface area contributed by atoms with Crippen LogP contribution in [0.5, 0.6) is 0 Å². The molecular formula is C16H21N3O3. The topological polar surface area (TPSA) is 78.5 Å². The number of hydrogen-bond acceptors (Lipinski definition) is 3. The van der Waals surface area contributed by atoms with Gasteiger partial charge in [-0.3, -0.25) is 14.4 Å². The Morgan fingerprint density at radius 2 is 1.82 bits per heavy atom. The molecule has 1 fully saturated rings. The van der Waals surface area contributed by atoms with E-state index in [1.165, 1.54) is 6.92 Å². The summed E-state index contributed by atoms with van der Waals surface area (Å²) < 4.78 is 0. The molecule has 2 N–H and O–H groups in total. The first-order valence-electron chi connectivity index (χ1n) is 7.39. The van der Waals surface area contributed by atoms with Gasteiger partial charge in [-0.05, 0) is 31.0 Å². The second-order valence-corrected chi connectivity index (χ2v) is 5.52. The van der Waals surface area contributed by atoms with Crippen LogP contribution in [0, 0.1) is 0 Å². The predicted octanol–water partition coefficient (Wildman–Crippen LogP) is 1.39. The predicted molar refractivity (Wildman–Crippen MR) is 83.5 cm³/mol. The minimum absolute atomic E-state index is 0.0764. The SMILES string of the molecule is CC(=O)Nc1cccc(C(=O)NC2CCN(C(C)=O)CC2)c1. The molecule has 0 bridgehead atoms. The van der Waals surface area contributed by atoms with Gasteiger partial charge >= 0.3 is 0 Å². The highest BCUT2D eigenvalue weighted by atomic mass is 16.2. The fourth-order valence-corrected chi connectivity index (χ4v) is 2.55. The van der Waals surface area contributed by atoms with E-state index in [4.69, 9.17) is 0 Å². The smallest absolute Gasteiger partial charge is 0.251 e. The van der Waals surface area contributed by atoms with E-state index in [2.05, 4.69) is 10.6 Å². The first kappa shape index (κ1) is 16.0. The summed E-state index contributed by atoms with van der Waals surface area (Å²) in [5.74, 6) is -0.254. The highest BCUT2D eigenvalue weighted by molar-refractivity contribution is 5.96. The molecule has 0 spiro atoms. The van der Waals surface area contributed by atoms with Gasteiger partial charge in [0, 0.05) is 44.2 Å². The van der Waals surface area contributed by atoms with Gasteiger partial charge in [0.2, 0.25) is 11.8 Å². The minimum Gasteiger partial charge on any atom is -0.349 e. The Kier molecular flexibility index (Phi) is 5.14. The van der Waals surface area contributed by atoms with E-state index in [-0.39, 0.29) is 23.8 Å². The third-order valence-electron chi connectivity index (χ3n) is 3.72. The van der Waals surface area contributed by atoms with Crippen molar-refractivity contribution in [2.45, 2.75) is 32.7 Å². The Hall–Kier alpha value is -2.37. The fraction of sp³-hybridized carbons (Fsp3) is 0.438. The molecule has 6 nitrogen and oxygen atoms in total. The molecule has 0 saturated carbocycles. The lowest BCUT2D eigenvalue weighted by Crippen LogP contribution is -2.46. The molecule has 1 aliphatic heterocycles. The molecule has 1 aromatic carbocycles. The molecule has 2 rings (SSSR count). The lowest BCUT2D eigenvalue weighted by atomic mass is 10.0. The molecule has 1 aromatic rings. The molecule has 1 aliphatic rings. The third kappa shape index (κ3) is 4.31. The number of nitrogens with zero attached hydrogens (tertiary/aromatic N) is 1. The van der Waals surface area contributed by atoms with E-state index in [9.17, 15) is 14.4 Å². The van der Waals surface area contributed by atoms with Gasteiger partial charge in [0.1, 0.15) is 0 Å². The van der Waals surface area contributed by atoms with Crippen molar-refractivity contribution in [1.29, 1.82) is 0 Å². The average molecular weight is 303 g/mol. The summed E-state index contributed by atoms with van der Waals surface area (Å²) in [6.45, 7) is 4.33. The van der Waals surface area contributed by atoms with Crippen LogP contribution in [0.3, 0.4) is 0 Å².